The van der Waals surface area contributed by atoms with Crippen LogP contribution in [-0.4, -0.2) is 87.8 Å². The van der Waals surface area contributed by atoms with Gasteiger partial charge in [-0.15, -0.1) is 0 Å². The van der Waals surface area contributed by atoms with Gasteiger partial charge < -0.3 is 9.47 Å². The molecule has 3 aliphatic rings. The Morgan fingerprint density at radius 1 is 0.925 bits per heavy atom. The van der Waals surface area contributed by atoms with Gasteiger partial charge in [0.05, 0.1) is 15.5 Å². The van der Waals surface area contributed by atoms with E-state index in [0.717, 1.165) is 38.0 Å². The molecular formula is C29H41N3O6S2. The number of piperidine rings is 1. The minimum Gasteiger partial charge on any atom is -0.454 e. The maximum absolute atomic E-state index is 13.2. The summed E-state index contributed by atoms with van der Waals surface area (Å²) in [6.45, 7) is 12.6. The lowest BCUT2D eigenvalue weighted by molar-refractivity contribution is -0.0225. The number of hydrogen-bond acceptors (Lipinski definition) is 8. The van der Waals surface area contributed by atoms with Crippen LogP contribution in [0.4, 0.5) is 0 Å². The number of benzene rings is 2. The van der Waals surface area contributed by atoms with Crippen LogP contribution in [0.3, 0.4) is 0 Å². The molecule has 0 amide bonds. The van der Waals surface area contributed by atoms with E-state index in [-0.39, 0.29) is 33.9 Å². The first-order chi connectivity index (χ1) is 18.9. The zero-order valence-electron chi connectivity index (χ0n) is 23.9. The maximum Gasteiger partial charge on any atom is 0.231 e. The SMILES string of the molecule is CCCS(=O)(=O)N1CCC(C)(N2CCN([C@@H](C)c3ccc(S(=O)(=O)c4ccc5c(c4)OCO5)cc3)[C@H](C)C2)CC1. The summed E-state index contributed by atoms with van der Waals surface area (Å²) in [6.07, 6.45) is 2.33. The summed E-state index contributed by atoms with van der Waals surface area (Å²) in [5.41, 5.74) is 1.07. The van der Waals surface area contributed by atoms with Gasteiger partial charge in [0.15, 0.2) is 11.5 Å². The van der Waals surface area contributed by atoms with Gasteiger partial charge in [-0.2, -0.15) is 0 Å². The summed E-state index contributed by atoms with van der Waals surface area (Å²) in [4.78, 5) is 5.46. The molecule has 2 fully saturated rings. The first kappa shape index (κ1) is 29.3. The third-order valence-corrected chi connectivity index (χ3v) is 12.8. The van der Waals surface area contributed by atoms with Gasteiger partial charge in [0, 0.05) is 56.4 Å². The molecule has 3 heterocycles. The molecule has 0 radical (unpaired) electrons. The summed E-state index contributed by atoms with van der Waals surface area (Å²) in [5, 5.41) is 0. The molecule has 5 rings (SSSR count). The lowest BCUT2D eigenvalue weighted by atomic mass is 9.87. The van der Waals surface area contributed by atoms with Crippen molar-refractivity contribution in [2.24, 2.45) is 0 Å². The molecule has 2 aromatic rings. The molecule has 0 spiro atoms. The standard InChI is InChI=1S/C29H41N3O6S2/c1-5-18-39(33,34)31-14-12-29(4,13-15-31)30-16-17-32(22(2)20-30)23(3)24-6-8-25(9-7-24)40(35,36)26-10-11-27-28(19-26)38-21-37-27/h6-11,19,22-23H,5,12-18,20-21H2,1-4H3/t22-,23+/m1/s1. The van der Waals surface area contributed by atoms with Crippen molar-refractivity contribution < 1.29 is 26.3 Å². The van der Waals surface area contributed by atoms with E-state index in [4.69, 9.17) is 9.47 Å². The predicted molar refractivity (Wildman–Crippen MR) is 154 cm³/mol. The van der Waals surface area contributed by atoms with Gasteiger partial charge in [0.2, 0.25) is 26.7 Å². The molecular weight excluding hydrogens is 550 g/mol. The molecule has 0 aromatic heterocycles. The van der Waals surface area contributed by atoms with Gasteiger partial charge >= 0.3 is 0 Å². The molecule has 0 unspecified atom stereocenters. The number of sulfonamides is 1. The molecule has 0 bridgehead atoms. The fourth-order valence-corrected chi connectivity index (χ4v) is 9.07. The Morgan fingerprint density at radius 2 is 1.57 bits per heavy atom. The Labute approximate surface area is 239 Å². The quantitative estimate of drug-likeness (QED) is 0.456. The second-order valence-corrected chi connectivity index (χ2v) is 15.5. The summed E-state index contributed by atoms with van der Waals surface area (Å²) in [7, 11) is -6.83. The van der Waals surface area contributed by atoms with Crippen LogP contribution in [0.25, 0.3) is 0 Å². The molecule has 3 aliphatic heterocycles. The van der Waals surface area contributed by atoms with Crippen molar-refractivity contribution in [2.45, 2.75) is 74.4 Å². The lowest BCUT2D eigenvalue weighted by Gasteiger charge is -2.52. The second kappa shape index (κ2) is 11.2. The first-order valence-corrected chi connectivity index (χ1v) is 17.3. The summed E-state index contributed by atoms with van der Waals surface area (Å²) < 4.78 is 63.9. The fourth-order valence-electron chi connectivity index (χ4n) is 6.28. The first-order valence-electron chi connectivity index (χ1n) is 14.2. The van der Waals surface area contributed by atoms with Crippen LogP contribution in [0.5, 0.6) is 11.5 Å². The summed E-state index contributed by atoms with van der Waals surface area (Å²) in [5.74, 6) is 1.22. The molecule has 220 valence electrons. The maximum atomic E-state index is 13.2. The molecule has 2 atom stereocenters. The Hall–Kier alpha value is -2.18. The Balaban J connectivity index is 1.21. The minimum atomic E-state index is -3.68. The van der Waals surface area contributed by atoms with E-state index in [1.165, 1.54) is 6.07 Å². The van der Waals surface area contributed by atoms with E-state index in [1.54, 1.807) is 28.6 Å². The number of ether oxygens (including phenoxy) is 2. The van der Waals surface area contributed by atoms with E-state index < -0.39 is 19.9 Å². The Bertz CT molecular complexity index is 1420. The van der Waals surface area contributed by atoms with Crippen LogP contribution < -0.4 is 9.47 Å². The van der Waals surface area contributed by atoms with Gasteiger partial charge in [0.25, 0.3) is 0 Å². The van der Waals surface area contributed by atoms with Gasteiger partial charge in [-0.25, -0.2) is 21.1 Å². The molecule has 9 nitrogen and oxygen atoms in total. The highest BCUT2D eigenvalue weighted by atomic mass is 32.2. The largest absolute Gasteiger partial charge is 0.454 e. The fraction of sp³-hybridized carbons (Fsp3) is 0.586. The molecule has 0 N–H and O–H groups in total. The monoisotopic (exact) mass is 591 g/mol. The van der Waals surface area contributed by atoms with Crippen molar-refractivity contribution in [3.63, 3.8) is 0 Å². The molecule has 11 heteroatoms. The number of hydrogen-bond donors (Lipinski definition) is 0. The zero-order valence-corrected chi connectivity index (χ0v) is 25.5. The van der Waals surface area contributed by atoms with Crippen LogP contribution in [0.1, 0.15) is 58.6 Å². The van der Waals surface area contributed by atoms with Gasteiger partial charge in [-0.05, 0) is 69.9 Å². The van der Waals surface area contributed by atoms with Gasteiger partial charge in [-0.3, -0.25) is 9.80 Å². The van der Waals surface area contributed by atoms with E-state index in [2.05, 4.69) is 30.6 Å². The zero-order chi connectivity index (χ0) is 28.7. The van der Waals surface area contributed by atoms with Crippen molar-refractivity contribution in [1.29, 1.82) is 0 Å². The number of sulfone groups is 1. The molecule has 2 saturated heterocycles. The van der Waals surface area contributed by atoms with E-state index in [0.29, 0.717) is 37.1 Å². The number of piperazine rings is 1. The van der Waals surface area contributed by atoms with Crippen LogP contribution >= 0.6 is 0 Å². The van der Waals surface area contributed by atoms with Crippen LogP contribution in [0.2, 0.25) is 0 Å². The summed E-state index contributed by atoms with van der Waals surface area (Å²) >= 11 is 0. The lowest BCUT2D eigenvalue weighted by Crippen LogP contribution is -2.62. The predicted octanol–water partition coefficient (Wildman–Crippen LogP) is 3.91. The number of fused-ring (bicyclic) bond motifs is 1. The van der Waals surface area contributed by atoms with Crippen LogP contribution in [0.15, 0.2) is 52.3 Å². The van der Waals surface area contributed by atoms with E-state index >= 15 is 0 Å². The third kappa shape index (κ3) is 5.63. The molecule has 0 saturated carbocycles. The Kier molecular flexibility index (Phi) is 8.24. The normalized spacial score (nSPS) is 23.2. The average molecular weight is 592 g/mol. The van der Waals surface area contributed by atoms with Crippen molar-refractivity contribution in [1.82, 2.24) is 14.1 Å². The van der Waals surface area contributed by atoms with Crippen molar-refractivity contribution in [3.05, 3.63) is 48.0 Å². The van der Waals surface area contributed by atoms with Crippen molar-refractivity contribution in [3.8, 4) is 11.5 Å². The van der Waals surface area contributed by atoms with E-state index in [1.807, 2.05) is 19.1 Å². The van der Waals surface area contributed by atoms with Crippen LogP contribution in [0, 0.1) is 0 Å². The smallest absolute Gasteiger partial charge is 0.231 e. The van der Waals surface area contributed by atoms with Crippen molar-refractivity contribution >= 4 is 19.9 Å². The molecule has 40 heavy (non-hydrogen) atoms. The highest BCUT2D eigenvalue weighted by Gasteiger charge is 2.41. The Morgan fingerprint density at radius 3 is 2.23 bits per heavy atom. The average Bonchev–Trinajstić information content (AvgIpc) is 3.41. The topological polar surface area (TPSA) is 96.5 Å². The number of rotatable bonds is 8. The third-order valence-electron chi connectivity index (χ3n) is 8.92. The summed E-state index contributed by atoms with van der Waals surface area (Å²) in [6, 6.07) is 12.3. The van der Waals surface area contributed by atoms with Crippen molar-refractivity contribution in [2.75, 3.05) is 45.3 Å². The van der Waals surface area contributed by atoms with Gasteiger partial charge in [-0.1, -0.05) is 19.1 Å². The number of nitrogens with zero attached hydrogens (tertiary/aromatic N) is 3. The highest BCUT2D eigenvalue weighted by molar-refractivity contribution is 7.91. The highest BCUT2D eigenvalue weighted by Crippen LogP contribution is 2.37. The van der Waals surface area contributed by atoms with Gasteiger partial charge in [0.1, 0.15) is 0 Å². The minimum absolute atomic E-state index is 0.00739. The second-order valence-electron chi connectivity index (χ2n) is 11.5. The molecule has 0 aliphatic carbocycles. The molecule has 2 aromatic carbocycles. The van der Waals surface area contributed by atoms with E-state index in [9.17, 15) is 16.8 Å². The van der Waals surface area contributed by atoms with Crippen LogP contribution in [-0.2, 0) is 19.9 Å².